The molecular weight excluding hydrogens is 486 g/mol. The van der Waals surface area contributed by atoms with Gasteiger partial charge in [-0.3, -0.25) is 4.79 Å². The van der Waals surface area contributed by atoms with Crippen LogP contribution in [0.4, 0.5) is 0 Å². The molecule has 0 aliphatic heterocycles. The number of methoxy groups -OCH3 is 1. The zero-order valence-corrected chi connectivity index (χ0v) is 22.4. The quantitative estimate of drug-likeness (QED) is 0.182. The van der Waals surface area contributed by atoms with E-state index in [4.69, 9.17) is 26.0 Å². The molecular formula is C33H29N3O3. The molecule has 0 amide bonds. The minimum Gasteiger partial charge on any atom is -0.496 e. The van der Waals surface area contributed by atoms with E-state index in [1.165, 1.54) is 4.68 Å². The molecule has 0 aliphatic carbocycles. The largest absolute Gasteiger partial charge is 0.496 e. The van der Waals surface area contributed by atoms with E-state index in [-0.39, 0.29) is 18.1 Å². The van der Waals surface area contributed by atoms with Gasteiger partial charge in [-0.05, 0) is 65.1 Å². The molecule has 6 heteroatoms. The maximum absolute atomic E-state index is 13.8. The number of terminal acetylenes is 1. The first kappa shape index (κ1) is 25.7. The van der Waals surface area contributed by atoms with Gasteiger partial charge in [0.15, 0.2) is 5.82 Å². The van der Waals surface area contributed by atoms with Gasteiger partial charge in [-0.2, -0.15) is 9.78 Å². The number of rotatable bonds is 7. The Hall–Kier alpha value is -4.89. The molecule has 0 N–H and O–H groups in total. The van der Waals surface area contributed by atoms with Crippen LogP contribution in [0.2, 0.25) is 0 Å². The number of benzene rings is 4. The summed E-state index contributed by atoms with van der Waals surface area (Å²) in [7, 11) is 1.67. The third-order valence-electron chi connectivity index (χ3n) is 6.74. The summed E-state index contributed by atoms with van der Waals surface area (Å²) < 4.78 is 12.9. The van der Waals surface area contributed by atoms with Crippen molar-refractivity contribution in [3.63, 3.8) is 0 Å². The average molecular weight is 516 g/mol. The number of aromatic nitrogens is 2. The van der Waals surface area contributed by atoms with Crippen molar-refractivity contribution in [1.82, 2.24) is 9.66 Å². The summed E-state index contributed by atoms with van der Waals surface area (Å²) >= 11 is 0. The van der Waals surface area contributed by atoms with Gasteiger partial charge in [-0.1, -0.05) is 62.2 Å². The number of hydrogen-bond donors (Lipinski definition) is 0. The number of aryl methyl sites for hydroxylation is 1. The van der Waals surface area contributed by atoms with Crippen LogP contribution < -0.4 is 15.0 Å². The summed E-state index contributed by atoms with van der Waals surface area (Å²) in [6.07, 6.45) is 7.11. The zero-order valence-electron chi connectivity index (χ0n) is 22.4. The first-order chi connectivity index (χ1) is 18.9. The molecule has 39 heavy (non-hydrogen) atoms. The second kappa shape index (κ2) is 10.8. The highest BCUT2D eigenvalue weighted by molar-refractivity contribution is 6.02. The highest BCUT2D eigenvalue weighted by atomic mass is 16.5. The van der Waals surface area contributed by atoms with Crippen LogP contribution in [0, 0.1) is 19.3 Å². The number of hydrogen-bond acceptors (Lipinski definition) is 5. The van der Waals surface area contributed by atoms with Crippen LogP contribution in [0.1, 0.15) is 36.5 Å². The van der Waals surface area contributed by atoms with Gasteiger partial charge in [0.2, 0.25) is 0 Å². The smallest absolute Gasteiger partial charge is 0.282 e. The van der Waals surface area contributed by atoms with Gasteiger partial charge in [0, 0.05) is 11.1 Å². The molecule has 0 aliphatic rings. The topological polar surface area (TPSA) is 65.7 Å². The lowest BCUT2D eigenvalue weighted by Gasteiger charge is -2.17. The number of fused-ring (bicyclic) bond motifs is 2. The molecule has 0 saturated heterocycles. The molecule has 0 unspecified atom stereocenters. The molecule has 5 aromatic rings. The van der Waals surface area contributed by atoms with Crippen molar-refractivity contribution in [2.45, 2.75) is 26.7 Å². The molecule has 5 rings (SSSR count). The van der Waals surface area contributed by atoms with Crippen molar-refractivity contribution in [3.05, 3.63) is 99.8 Å². The van der Waals surface area contributed by atoms with E-state index in [1.54, 1.807) is 19.4 Å². The van der Waals surface area contributed by atoms with Crippen LogP contribution in [-0.2, 0) is 0 Å². The molecule has 0 radical (unpaired) electrons. The lowest BCUT2D eigenvalue weighted by Crippen LogP contribution is -2.21. The lowest BCUT2D eigenvalue weighted by atomic mass is 9.96. The fourth-order valence-corrected chi connectivity index (χ4v) is 4.74. The van der Waals surface area contributed by atoms with Crippen molar-refractivity contribution in [2.24, 2.45) is 5.10 Å². The lowest BCUT2D eigenvalue weighted by molar-refractivity contribution is 0.370. The van der Waals surface area contributed by atoms with Crippen molar-refractivity contribution >= 4 is 27.9 Å². The van der Waals surface area contributed by atoms with E-state index < -0.39 is 0 Å². The fourth-order valence-electron chi connectivity index (χ4n) is 4.74. The third-order valence-corrected chi connectivity index (χ3v) is 6.74. The van der Waals surface area contributed by atoms with Crippen LogP contribution in [0.3, 0.4) is 0 Å². The Bertz CT molecular complexity index is 1830. The van der Waals surface area contributed by atoms with E-state index in [2.05, 4.69) is 19.8 Å². The number of nitrogens with zero attached hydrogens (tertiary/aromatic N) is 3. The standard InChI is InChI=1S/C33H29N3O3/c1-6-17-39-30-16-15-23-11-7-8-12-24(23)28(30)20-34-36-32(35-29-14-10-9-13-25(29)33(36)37)27-19-26(21(2)3)31(38-5)18-22(27)4/h1,7-16,18-21H,17H2,2-5H3. The molecule has 0 fully saturated rings. The molecule has 4 aromatic carbocycles. The predicted octanol–water partition coefficient (Wildman–Crippen LogP) is 6.55. The molecule has 1 aromatic heterocycles. The average Bonchev–Trinajstić information content (AvgIpc) is 2.95. The van der Waals surface area contributed by atoms with E-state index in [9.17, 15) is 4.79 Å². The maximum atomic E-state index is 13.8. The van der Waals surface area contributed by atoms with Crippen LogP contribution >= 0.6 is 0 Å². The van der Waals surface area contributed by atoms with Gasteiger partial charge < -0.3 is 9.47 Å². The van der Waals surface area contributed by atoms with E-state index >= 15 is 0 Å². The van der Waals surface area contributed by atoms with Crippen LogP contribution in [0.15, 0.2) is 82.7 Å². The second-order valence-corrected chi connectivity index (χ2v) is 9.57. The van der Waals surface area contributed by atoms with Gasteiger partial charge in [-0.25, -0.2) is 4.98 Å². The van der Waals surface area contributed by atoms with Crippen LogP contribution in [0.5, 0.6) is 11.5 Å². The van der Waals surface area contributed by atoms with Crippen molar-refractivity contribution in [3.8, 4) is 35.2 Å². The number of para-hydroxylation sites is 1. The SMILES string of the molecule is C#CCOc1ccc2ccccc2c1C=Nn1c(-c2cc(C(C)C)c(OC)cc2C)nc2ccccc2c1=O. The molecule has 194 valence electrons. The first-order valence-corrected chi connectivity index (χ1v) is 12.8. The highest BCUT2D eigenvalue weighted by Crippen LogP contribution is 2.34. The Morgan fingerprint density at radius 1 is 1.03 bits per heavy atom. The molecule has 0 saturated carbocycles. The van der Waals surface area contributed by atoms with Gasteiger partial charge in [-0.15, -0.1) is 6.42 Å². The summed E-state index contributed by atoms with van der Waals surface area (Å²) in [5, 5.41) is 7.16. The van der Waals surface area contributed by atoms with Crippen LogP contribution in [-0.4, -0.2) is 29.6 Å². The normalized spacial score (nSPS) is 11.4. The predicted molar refractivity (Wildman–Crippen MR) is 158 cm³/mol. The van der Waals surface area contributed by atoms with Gasteiger partial charge in [0.1, 0.15) is 18.1 Å². The Labute approximate surface area is 227 Å². The Morgan fingerprint density at radius 3 is 2.51 bits per heavy atom. The summed E-state index contributed by atoms with van der Waals surface area (Å²) in [5.41, 5.74) is 3.82. The van der Waals surface area contributed by atoms with Crippen LogP contribution in [0.25, 0.3) is 33.1 Å². The minimum atomic E-state index is -0.264. The minimum absolute atomic E-state index is 0.116. The summed E-state index contributed by atoms with van der Waals surface area (Å²) in [5.74, 6) is 4.55. The van der Waals surface area contributed by atoms with Gasteiger partial charge in [0.25, 0.3) is 5.56 Å². The highest BCUT2D eigenvalue weighted by Gasteiger charge is 2.18. The van der Waals surface area contributed by atoms with E-state index in [1.807, 2.05) is 73.7 Å². The van der Waals surface area contributed by atoms with Crippen molar-refractivity contribution < 1.29 is 9.47 Å². The fraction of sp³-hybridized carbons (Fsp3) is 0.182. The summed E-state index contributed by atoms with van der Waals surface area (Å²) in [4.78, 5) is 18.8. The van der Waals surface area contributed by atoms with Crippen molar-refractivity contribution in [2.75, 3.05) is 13.7 Å². The monoisotopic (exact) mass is 515 g/mol. The molecule has 0 atom stereocenters. The zero-order chi connectivity index (χ0) is 27.5. The second-order valence-electron chi connectivity index (χ2n) is 9.57. The van der Waals surface area contributed by atoms with Gasteiger partial charge in [0.05, 0.1) is 24.2 Å². The van der Waals surface area contributed by atoms with Crippen molar-refractivity contribution in [1.29, 1.82) is 0 Å². The summed E-state index contributed by atoms with van der Waals surface area (Å²) in [6.45, 7) is 6.31. The Kier molecular flexibility index (Phi) is 7.16. The molecule has 0 bridgehead atoms. The Morgan fingerprint density at radius 2 is 1.77 bits per heavy atom. The van der Waals surface area contributed by atoms with E-state index in [0.717, 1.165) is 38.8 Å². The number of ether oxygens (including phenoxy) is 2. The molecule has 6 nitrogen and oxygen atoms in total. The maximum Gasteiger partial charge on any atom is 0.282 e. The molecule has 0 spiro atoms. The molecule has 1 heterocycles. The van der Waals surface area contributed by atoms with Gasteiger partial charge >= 0.3 is 0 Å². The Balaban J connectivity index is 1.78. The summed E-state index contributed by atoms with van der Waals surface area (Å²) in [6, 6.07) is 23.1. The van der Waals surface area contributed by atoms with E-state index in [0.29, 0.717) is 22.5 Å². The third kappa shape index (κ3) is 4.87. The first-order valence-electron chi connectivity index (χ1n) is 12.8.